The zero-order valence-electron chi connectivity index (χ0n) is 16.3. The van der Waals surface area contributed by atoms with Crippen LogP contribution in [0.3, 0.4) is 0 Å². The van der Waals surface area contributed by atoms with Gasteiger partial charge in [0.15, 0.2) is 0 Å². The van der Waals surface area contributed by atoms with Crippen LogP contribution in [0.4, 0.5) is 0 Å². The van der Waals surface area contributed by atoms with E-state index in [2.05, 4.69) is 54.4 Å². The Labute approximate surface area is 158 Å². The van der Waals surface area contributed by atoms with E-state index in [1.54, 1.807) is 6.08 Å². The van der Waals surface area contributed by atoms with Crippen LogP contribution in [0, 0.1) is 0 Å². The van der Waals surface area contributed by atoms with E-state index >= 15 is 0 Å². The predicted molar refractivity (Wildman–Crippen MR) is 109 cm³/mol. The normalized spacial score (nSPS) is 14.3. The average Bonchev–Trinajstić information content (AvgIpc) is 2.57. The molecule has 1 N–H and O–H groups in total. The lowest BCUT2D eigenvalue weighted by Crippen LogP contribution is -2.42. The number of amides is 1. The molecule has 144 valence electrons. The van der Waals surface area contributed by atoms with Crippen LogP contribution in [0.1, 0.15) is 52.9 Å². The number of hydrogen-bond donors (Lipinski definition) is 1. The molecule has 0 radical (unpaired) electrons. The van der Waals surface area contributed by atoms with Gasteiger partial charge in [-0.2, -0.15) is 0 Å². The molecule has 0 aliphatic carbocycles. The molecule has 4 nitrogen and oxygen atoms in total. The van der Waals surface area contributed by atoms with E-state index in [-0.39, 0.29) is 24.0 Å². The number of ether oxygens (including phenoxy) is 1. The van der Waals surface area contributed by atoms with Crippen LogP contribution in [0.5, 0.6) is 0 Å². The summed E-state index contributed by atoms with van der Waals surface area (Å²) in [6.45, 7) is 8.32. The molecule has 0 saturated heterocycles. The first kappa shape index (κ1) is 23.6. The molecule has 0 aliphatic heterocycles. The summed E-state index contributed by atoms with van der Waals surface area (Å²) in [7, 11) is 0. The van der Waals surface area contributed by atoms with Crippen molar-refractivity contribution in [2.24, 2.45) is 0 Å². The van der Waals surface area contributed by atoms with Crippen LogP contribution in [-0.2, 0) is 14.3 Å². The summed E-state index contributed by atoms with van der Waals surface area (Å²) in [6, 6.07) is -0.196. The third-order valence-corrected chi connectivity index (χ3v) is 3.51. The second-order valence-corrected chi connectivity index (χ2v) is 6.00. The number of carbonyl (C=O) groups is 2. The third kappa shape index (κ3) is 15.2. The van der Waals surface area contributed by atoms with Gasteiger partial charge in [0.1, 0.15) is 6.10 Å². The largest absolute Gasteiger partial charge is 0.460 e. The van der Waals surface area contributed by atoms with Gasteiger partial charge in [-0.3, -0.25) is 9.59 Å². The Hall–Kier alpha value is -2.36. The van der Waals surface area contributed by atoms with Crippen molar-refractivity contribution in [3.05, 3.63) is 61.3 Å². The minimum absolute atomic E-state index is 0.124. The maximum Gasteiger partial charge on any atom is 0.302 e. The molecule has 0 aromatic heterocycles. The minimum Gasteiger partial charge on any atom is -0.460 e. The Morgan fingerprint density at radius 2 is 1.50 bits per heavy atom. The van der Waals surface area contributed by atoms with E-state index in [9.17, 15) is 9.59 Å². The van der Waals surface area contributed by atoms with Crippen molar-refractivity contribution < 1.29 is 14.3 Å². The highest BCUT2D eigenvalue weighted by atomic mass is 16.5. The monoisotopic (exact) mass is 359 g/mol. The highest BCUT2D eigenvalue weighted by molar-refractivity contribution is 5.73. The summed E-state index contributed by atoms with van der Waals surface area (Å²) in [5.41, 5.74) is 0. The molecule has 1 amide bonds. The minimum atomic E-state index is -0.327. The highest BCUT2D eigenvalue weighted by Crippen LogP contribution is 2.09. The Kier molecular flexibility index (Phi) is 14.7. The maximum absolute atomic E-state index is 11.2. The lowest BCUT2D eigenvalue weighted by molar-refractivity contribution is -0.148. The van der Waals surface area contributed by atoms with Crippen LogP contribution in [0.2, 0.25) is 0 Å². The molecule has 0 aromatic rings. The quantitative estimate of drug-likeness (QED) is 0.292. The van der Waals surface area contributed by atoms with Gasteiger partial charge in [0.25, 0.3) is 0 Å². The van der Waals surface area contributed by atoms with Crippen LogP contribution in [0.25, 0.3) is 0 Å². The Balaban J connectivity index is 4.04. The number of nitrogens with one attached hydrogen (secondary N) is 1. The molecule has 0 aliphatic rings. The second kappa shape index (κ2) is 16.1. The average molecular weight is 360 g/mol. The van der Waals surface area contributed by atoms with Gasteiger partial charge < -0.3 is 10.1 Å². The van der Waals surface area contributed by atoms with Gasteiger partial charge in [0, 0.05) is 13.8 Å². The molecule has 0 bridgehead atoms. The van der Waals surface area contributed by atoms with Crippen molar-refractivity contribution >= 4 is 11.9 Å². The van der Waals surface area contributed by atoms with Gasteiger partial charge in [-0.05, 0) is 39.0 Å². The van der Waals surface area contributed by atoms with Crippen molar-refractivity contribution in [3.8, 4) is 0 Å². The molecule has 2 atom stereocenters. The van der Waals surface area contributed by atoms with E-state index in [1.807, 2.05) is 13.0 Å². The zero-order chi connectivity index (χ0) is 19.6. The van der Waals surface area contributed by atoms with Crippen LogP contribution in [-0.4, -0.2) is 24.0 Å². The van der Waals surface area contributed by atoms with Crippen molar-refractivity contribution in [2.45, 2.75) is 65.0 Å². The second-order valence-electron chi connectivity index (χ2n) is 6.00. The summed E-state index contributed by atoms with van der Waals surface area (Å²) in [4.78, 5) is 22.4. The first-order valence-corrected chi connectivity index (χ1v) is 9.14. The number of hydrogen-bond acceptors (Lipinski definition) is 3. The standard InChI is InChI=1S/C22H33NO3/c1-5-6-7-8-9-10-11-12-13-14-15-16-17-18-22(26-21(4)25)19(2)23-20(3)24/h5-7,9-10,12-13,15-16,19,22H,1,8,11,14,17-18H2,2-4H3,(H,23,24). The molecule has 0 fully saturated rings. The van der Waals surface area contributed by atoms with Crippen molar-refractivity contribution in [1.29, 1.82) is 0 Å². The fourth-order valence-corrected chi connectivity index (χ4v) is 2.31. The first-order chi connectivity index (χ1) is 12.5. The van der Waals surface area contributed by atoms with Crippen LogP contribution >= 0.6 is 0 Å². The summed E-state index contributed by atoms with van der Waals surface area (Å²) in [5.74, 6) is -0.451. The maximum atomic E-state index is 11.2. The van der Waals surface area contributed by atoms with Gasteiger partial charge in [-0.15, -0.1) is 0 Å². The molecule has 26 heavy (non-hydrogen) atoms. The van der Waals surface area contributed by atoms with Gasteiger partial charge in [-0.1, -0.05) is 61.3 Å². The van der Waals surface area contributed by atoms with Gasteiger partial charge >= 0.3 is 5.97 Å². The molecule has 0 heterocycles. The Bertz CT molecular complexity index is 530. The van der Waals surface area contributed by atoms with E-state index < -0.39 is 0 Å². The predicted octanol–water partition coefficient (Wildman–Crippen LogP) is 4.80. The molecule has 4 heteroatoms. The Morgan fingerprint density at radius 3 is 2.00 bits per heavy atom. The number of allylic oxidation sites excluding steroid dienone is 9. The molecule has 0 rings (SSSR count). The molecule has 0 aromatic carbocycles. The van der Waals surface area contributed by atoms with Gasteiger partial charge in [0.05, 0.1) is 6.04 Å². The van der Waals surface area contributed by atoms with Gasteiger partial charge in [-0.25, -0.2) is 0 Å². The summed E-state index contributed by atoms with van der Waals surface area (Å²) in [6.07, 6.45) is 22.4. The molecular formula is C22H33NO3. The third-order valence-electron chi connectivity index (χ3n) is 3.51. The Morgan fingerprint density at radius 1 is 0.962 bits per heavy atom. The van der Waals surface area contributed by atoms with E-state index in [1.165, 1.54) is 13.8 Å². The first-order valence-electron chi connectivity index (χ1n) is 9.14. The summed E-state index contributed by atoms with van der Waals surface area (Å²) in [5, 5.41) is 2.78. The van der Waals surface area contributed by atoms with Gasteiger partial charge in [0.2, 0.25) is 5.91 Å². The lowest BCUT2D eigenvalue weighted by atomic mass is 10.1. The van der Waals surface area contributed by atoms with E-state index in [4.69, 9.17) is 4.74 Å². The number of esters is 1. The molecule has 2 unspecified atom stereocenters. The molecule has 0 saturated carbocycles. The number of rotatable bonds is 13. The fraction of sp³-hybridized carbons (Fsp3) is 0.455. The number of carbonyl (C=O) groups excluding carboxylic acids is 2. The SMILES string of the molecule is C=CC=CCC=CCC=CCC=CCCC(OC(C)=O)C(C)NC(C)=O. The molecular weight excluding hydrogens is 326 g/mol. The van der Waals surface area contributed by atoms with Crippen molar-refractivity contribution in [2.75, 3.05) is 0 Å². The smallest absolute Gasteiger partial charge is 0.302 e. The fourth-order valence-electron chi connectivity index (χ4n) is 2.31. The van der Waals surface area contributed by atoms with E-state index in [0.717, 1.165) is 25.7 Å². The highest BCUT2D eigenvalue weighted by Gasteiger charge is 2.20. The summed E-state index contributed by atoms with van der Waals surface area (Å²) >= 11 is 0. The topological polar surface area (TPSA) is 55.4 Å². The zero-order valence-corrected chi connectivity index (χ0v) is 16.3. The lowest BCUT2D eigenvalue weighted by Gasteiger charge is -2.23. The molecule has 0 spiro atoms. The van der Waals surface area contributed by atoms with Crippen molar-refractivity contribution in [3.63, 3.8) is 0 Å². The van der Waals surface area contributed by atoms with Crippen molar-refractivity contribution in [1.82, 2.24) is 5.32 Å². The van der Waals surface area contributed by atoms with Crippen LogP contribution < -0.4 is 5.32 Å². The summed E-state index contributed by atoms with van der Waals surface area (Å²) < 4.78 is 5.30. The van der Waals surface area contributed by atoms with E-state index in [0.29, 0.717) is 6.42 Å². The van der Waals surface area contributed by atoms with Crippen LogP contribution in [0.15, 0.2) is 61.3 Å².